The molecule has 78 valence electrons. The molecule has 1 saturated carbocycles. The molecule has 1 unspecified atom stereocenters. The van der Waals surface area contributed by atoms with Gasteiger partial charge in [0.1, 0.15) is 0 Å². The Morgan fingerprint density at radius 2 is 2.43 bits per heavy atom. The van der Waals surface area contributed by atoms with Gasteiger partial charge in [-0.25, -0.2) is 4.98 Å². The molecule has 0 amide bonds. The lowest BCUT2D eigenvalue weighted by atomic mass is 9.89. The van der Waals surface area contributed by atoms with Crippen molar-refractivity contribution < 1.29 is 5.11 Å². The van der Waals surface area contributed by atoms with Crippen molar-refractivity contribution in [1.29, 1.82) is 0 Å². The second-order valence-corrected chi connectivity index (χ2v) is 5.16. The van der Waals surface area contributed by atoms with Crippen molar-refractivity contribution in [2.75, 3.05) is 13.2 Å². The first-order chi connectivity index (χ1) is 6.69. The van der Waals surface area contributed by atoms with Crippen LogP contribution in [0.25, 0.3) is 0 Å². The third kappa shape index (κ3) is 1.69. The molecule has 1 heterocycles. The van der Waals surface area contributed by atoms with Gasteiger partial charge in [0.25, 0.3) is 0 Å². The largest absolute Gasteiger partial charge is 0.395 e. The summed E-state index contributed by atoms with van der Waals surface area (Å²) in [7, 11) is 0. The van der Waals surface area contributed by atoms with Crippen LogP contribution in [0.15, 0.2) is 5.38 Å². The standard InChI is InChI=1S/C10H16N2OS/c1-10(5-11,6-13)8-4-14-9(12-8)7-2-3-7/h4,7,13H,2-3,5-6,11H2,1H3. The molecular formula is C10H16N2OS. The fourth-order valence-corrected chi connectivity index (χ4v) is 2.48. The van der Waals surface area contributed by atoms with Gasteiger partial charge in [0.2, 0.25) is 0 Å². The number of thiazole rings is 1. The minimum atomic E-state index is -0.358. The predicted molar refractivity (Wildman–Crippen MR) is 57.6 cm³/mol. The molecule has 1 atom stereocenters. The molecular weight excluding hydrogens is 196 g/mol. The maximum atomic E-state index is 9.29. The molecule has 0 aromatic carbocycles. The molecule has 1 fully saturated rings. The van der Waals surface area contributed by atoms with Crippen LogP contribution in [0, 0.1) is 0 Å². The third-order valence-electron chi connectivity index (χ3n) is 2.87. The van der Waals surface area contributed by atoms with E-state index in [-0.39, 0.29) is 12.0 Å². The highest BCUT2D eigenvalue weighted by atomic mass is 32.1. The van der Waals surface area contributed by atoms with Crippen LogP contribution >= 0.6 is 11.3 Å². The Hall–Kier alpha value is -0.450. The highest BCUT2D eigenvalue weighted by Gasteiger charge is 2.31. The SMILES string of the molecule is CC(CN)(CO)c1csc(C2CC2)n1. The van der Waals surface area contributed by atoms with Gasteiger partial charge in [0.05, 0.1) is 17.3 Å². The summed E-state index contributed by atoms with van der Waals surface area (Å²) in [5.41, 5.74) is 6.25. The van der Waals surface area contributed by atoms with E-state index in [4.69, 9.17) is 5.73 Å². The van der Waals surface area contributed by atoms with Crippen LogP contribution < -0.4 is 5.73 Å². The van der Waals surface area contributed by atoms with E-state index in [0.717, 1.165) is 5.69 Å². The molecule has 2 rings (SSSR count). The van der Waals surface area contributed by atoms with Gasteiger partial charge in [-0.1, -0.05) is 6.92 Å². The molecule has 3 N–H and O–H groups in total. The number of rotatable bonds is 4. The van der Waals surface area contributed by atoms with Crippen molar-refractivity contribution in [3.8, 4) is 0 Å². The molecule has 0 bridgehead atoms. The molecule has 14 heavy (non-hydrogen) atoms. The van der Waals surface area contributed by atoms with Crippen LogP contribution in [0.3, 0.4) is 0 Å². The zero-order valence-electron chi connectivity index (χ0n) is 8.36. The van der Waals surface area contributed by atoms with Gasteiger partial charge in [-0.3, -0.25) is 0 Å². The second-order valence-electron chi connectivity index (χ2n) is 4.27. The van der Waals surface area contributed by atoms with E-state index >= 15 is 0 Å². The summed E-state index contributed by atoms with van der Waals surface area (Å²) in [6, 6.07) is 0. The number of hydrogen-bond acceptors (Lipinski definition) is 4. The summed E-state index contributed by atoms with van der Waals surface area (Å²) in [4.78, 5) is 4.56. The van der Waals surface area contributed by atoms with E-state index in [1.54, 1.807) is 11.3 Å². The lowest BCUT2D eigenvalue weighted by Crippen LogP contribution is -2.35. The van der Waals surface area contributed by atoms with Gasteiger partial charge < -0.3 is 10.8 Å². The van der Waals surface area contributed by atoms with E-state index in [2.05, 4.69) is 4.98 Å². The summed E-state index contributed by atoms with van der Waals surface area (Å²) in [6.07, 6.45) is 2.54. The average Bonchev–Trinajstić information content (AvgIpc) is 2.95. The highest BCUT2D eigenvalue weighted by Crippen LogP contribution is 2.42. The summed E-state index contributed by atoms with van der Waals surface area (Å²) >= 11 is 1.70. The maximum absolute atomic E-state index is 9.29. The summed E-state index contributed by atoms with van der Waals surface area (Å²) in [6.45, 7) is 2.47. The Morgan fingerprint density at radius 3 is 2.93 bits per heavy atom. The summed E-state index contributed by atoms with van der Waals surface area (Å²) < 4.78 is 0. The van der Waals surface area contributed by atoms with Gasteiger partial charge in [-0.15, -0.1) is 11.3 Å². The van der Waals surface area contributed by atoms with E-state index in [9.17, 15) is 5.11 Å². The van der Waals surface area contributed by atoms with Gasteiger partial charge in [0, 0.05) is 23.3 Å². The number of hydrogen-bond donors (Lipinski definition) is 2. The highest BCUT2D eigenvalue weighted by molar-refractivity contribution is 7.09. The Bertz CT molecular complexity index is 316. The molecule has 3 nitrogen and oxygen atoms in total. The molecule has 0 saturated heterocycles. The number of nitrogens with zero attached hydrogens (tertiary/aromatic N) is 1. The Labute approximate surface area is 88.0 Å². The molecule has 1 aromatic heterocycles. The minimum absolute atomic E-state index is 0.0668. The molecule has 0 aliphatic heterocycles. The fraction of sp³-hybridized carbons (Fsp3) is 0.700. The van der Waals surface area contributed by atoms with Crippen LogP contribution in [0.4, 0.5) is 0 Å². The first-order valence-corrected chi connectivity index (χ1v) is 5.84. The third-order valence-corrected chi connectivity index (χ3v) is 3.87. The number of aliphatic hydroxyl groups excluding tert-OH is 1. The smallest absolute Gasteiger partial charge is 0.0959 e. The van der Waals surface area contributed by atoms with Crippen LogP contribution in [0.5, 0.6) is 0 Å². The molecule has 1 aliphatic carbocycles. The van der Waals surface area contributed by atoms with Crippen molar-refractivity contribution in [2.24, 2.45) is 5.73 Å². The van der Waals surface area contributed by atoms with Crippen molar-refractivity contribution >= 4 is 11.3 Å². The first kappa shape index (κ1) is 10.1. The van der Waals surface area contributed by atoms with E-state index in [0.29, 0.717) is 12.5 Å². The van der Waals surface area contributed by atoms with Gasteiger partial charge >= 0.3 is 0 Å². The minimum Gasteiger partial charge on any atom is -0.395 e. The molecule has 1 aliphatic rings. The molecule has 0 radical (unpaired) electrons. The first-order valence-electron chi connectivity index (χ1n) is 4.96. The Balaban J connectivity index is 2.21. The average molecular weight is 212 g/mol. The number of aromatic nitrogens is 1. The fourth-order valence-electron chi connectivity index (χ4n) is 1.33. The lowest BCUT2D eigenvalue weighted by molar-refractivity contribution is 0.207. The maximum Gasteiger partial charge on any atom is 0.0959 e. The van der Waals surface area contributed by atoms with Crippen LogP contribution in [-0.4, -0.2) is 23.2 Å². The Morgan fingerprint density at radius 1 is 1.71 bits per heavy atom. The van der Waals surface area contributed by atoms with E-state index in [1.165, 1.54) is 17.8 Å². The zero-order chi connectivity index (χ0) is 10.2. The van der Waals surface area contributed by atoms with E-state index in [1.807, 2.05) is 12.3 Å². The van der Waals surface area contributed by atoms with Gasteiger partial charge in [0.15, 0.2) is 0 Å². The topological polar surface area (TPSA) is 59.1 Å². The van der Waals surface area contributed by atoms with Crippen molar-refractivity contribution in [3.05, 3.63) is 16.1 Å². The van der Waals surface area contributed by atoms with Crippen LogP contribution in [-0.2, 0) is 5.41 Å². The van der Waals surface area contributed by atoms with Crippen LogP contribution in [0.2, 0.25) is 0 Å². The predicted octanol–water partition coefficient (Wildman–Crippen LogP) is 1.23. The zero-order valence-corrected chi connectivity index (χ0v) is 9.18. The normalized spacial score (nSPS) is 20.8. The van der Waals surface area contributed by atoms with Crippen molar-refractivity contribution in [3.63, 3.8) is 0 Å². The molecule has 1 aromatic rings. The summed E-state index contributed by atoms with van der Waals surface area (Å²) in [5, 5.41) is 12.5. The number of nitrogens with two attached hydrogens (primary N) is 1. The van der Waals surface area contributed by atoms with Gasteiger partial charge in [-0.2, -0.15) is 0 Å². The second kappa shape index (κ2) is 3.61. The van der Waals surface area contributed by atoms with E-state index < -0.39 is 0 Å². The summed E-state index contributed by atoms with van der Waals surface area (Å²) in [5.74, 6) is 0.689. The molecule has 4 heteroatoms. The molecule has 0 spiro atoms. The van der Waals surface area contributed by atoms with Gasteiger partial charge in [-0.05, 0) is 12.8 Å². The Kier molecular flexibility index (Phi) is 2.60. The number of aliphatic hydroxyl groups is 1. The monoisotopic (exact) mass is 212 g/mol. The lowest BCUT2D eigenvalue weighted by Gasteiger charge is -2.22. The quantitative estimate of drug-likeness (QED) is 0.789. The van der Waals surface area contributed by atoms with Crippen molar-refractivity contribution in [1.82, 2.24) is 4.98 Å². The van der Waals surface area contributed by atoms with Crippen LogP contribution in [0.1, 0.15) is 36.4 Å². The van der Waals surface area contributed by atoms with Crippen molar-refractivity contribution in [2.45, 2.75) is 31.1 Å².